The third-order valence-corrected chi connectivity index (χ3v) is 6.65. The molecule has 180 valence electrons. The molecule has 0 unspecified atom stereocenters. The number of aromatic nitrogens is 3. The number of carbonyl (C=O) groups is 1. The van der Waals surface area contributed by atoms with Crippen molar-refractivity contribution in [3.8, 4) is 17.1 Å². The minimum Gasteiger partial charge on any atom is -0.497 e. The smallest absolute Gasteiger partial charge is 0.226 e. The summed E-state index contributed by atoms with van der Waals surface area (Å²) in [7, 11) is 1.63. The predicted octanol–water partition coefficient (Wildman–Crippen LogP) is 4.10. The number of hydrogen-bond donors (Lipinski definition) is 2. The van der Waals surface area contributed by atoms with E-state index in [9.17, 15) is 4.79 Å². The Morgan fingerprint density at radius 2 is 1.88 bits per heavy atom. The molecule has 2 aromatic carbocycles. The number of benzene rings is 2. The Morgan fingerprint density at radius 3 is 2.53 bits per heavy atom. The van der Waals surface area contributed by atoms with Crippen LogP contribution in [-0.4, -0.2) is 65.4 Å². The Kier molecular flexibility index (Phi) is 7.64. The van der Waals surface area contributed by atoms with E-state index in [0.717, 1.165) is 55.3 Å². The molecular formula is C25H32N6O2S. The number of nitrogens with one attached hydrogen (secondary N) is 2. The third-order valence-electron chi connectivity index (χ3n) is 6.34. The van der Waals surface area contributed by atoms with Gasteiger partial charge in [-0.25, -0.2) is 0 Å². The number of rotatable bonds is 8. The fourth-order valence-electron chi connectivity index (χ4n) is 4.22. The maximum Gasteiger partial charge on any atom is 0.226 e. The van der Waals surface area contributed by atoms with Gasteiger partial charge < -0.3 is 19.9 Å². The van der Waals surface area contributed by atoms with Crippen LogP contribution in [0.15, 0.2) is 42.5 Å². The average Bonchev–Trinajstić information content (AvgIpc) is 3.24. The van der Waals surface area contributed by atoms with E-state index in [1.54, 1.807) is 7.11 Å². The zero-order valence-corrected chi connectivity index (χ0v) is 20.8. The first-order valence-corrected chi connectivity index (χ1v) is 12.1. The first-order valence-electron chi connectivity index (χ1n) is 11.7. The Hall–Kier alpha value is -3.17. The molecule has 8 nitrogen and oxygen atoms in total. The summed E-state index contributed by atoms with van der Waals surface area (Å²) in [6, 6.07) is 13.9. The summed E-state index contributed by atoms with van der Waals surface area (Å²) >= 11 is 5.40. The van der Waals surface area contributed by atoms with E-state index < -0.39 is 0 Å². The number of hydrogen-bond acceptors (Lipinski definition) is 6. The van der Waals surface area contributed by atoms with E-state index in [1.165, 1.54) is 5.69 Å². The van der Waals surface area contributed by atoms with Crippen molar-refractivity contribution in [3.05, 3.63) is 52.8 Å². The Balaban J connectivity index is 1.37. The van der Waals surface area contributed by atoms with E-state index in [4.69, 9.17) is 17.0 Å². The number of likely N-dealkylation sites (N-methyl/N-ethyl adjacent to an activating group) is 1. The van der Waals surface area contributed by atoms with Gasteiger partial charge in [0.2, 0.25) is 5.91 Å². The van der Waals surface area contributed by atoms with E-state index in [2.05, 4.69) is 44.4 Å². The van der Waals surface area contributed by atoms with Gasteiger partial charge in [0, 0.05) is 56.1 Å². The highest BCUT2D eigenvalue weighted by Crippen LogP contribution is 2.25. The van der Waals surface area contributed by atoms with Crippen LogP contribution in [0.25, 0.3) is 11.4 Å². The standard InChI is InChI=1S/C25H32N6O2S/c1-4-29-13-15-30(16-14-29)20-7-10-22(18(2)17-20)26-23(32)11-12-31-24(27-28-25(31)34)19-5-8-21(33-3)9-6-19/h5-10,17H,4,11-16H2,1-3H3,(H,26,32)(H,28,34). The van der Waals surface area contributed by atoms with E-state index in [1.807, 2.05) is 41.8 Å². The van der Waals surface area contributed by atoms with Gasteiger partial charge in [-0.2, -0.15) is 5.10 Å². The highest BCUT2D eigenvalue weighted by Gasteiger charge is 2.17. The normalized spacial score (nSPS) is 14.3. The lowest BCUT2D eigenvalue weighted by Crippen LogP contribution is -2.46. The highest BCUT2D eigenvalue weighted by molar-refractivity contribution is 7.71. The molecule has 9 heteroatoms. The summed E-state index contributed by atoms with van der Waals surface area (Å²) in [5.74, 6) is 1.41. The van der Waals surface area contributed by atoms with Crippen molar-refractivity contribution in [2.75, 3.05) is 50.1 Å². The summed E-state index contributed by atoms with van der Waals surface area (Å²) in [6.07, 6.45) is 0.289. The van der Waals surface area contributed by atoms with Crippen molar-refractivity contribution in [2.45, 2.75) is 26.8 Å². The van der Waals surface area contributed by atoms with Gasteiger partial charge >= 0.3 is 0 Å². The number of piperazine rings is 1. The van der Waals surface area contributed by atoms with Gasteiger partial charge in [-0.15, -0.1) is 0 Å². The van der Waals surface area contributed by atoms with Gasteiger partial charge in [-0.1, -0.05) is 6.92 Å². The molecule has 2 N–H and O–H groups in total. The predicted molar refractivity (Wildman–Crippen MR) is 138 cm³/mol. The van der Waals surface area contributed by atoms with Crippen LogP contribution in [0.5, 0.6) is 5.75 Å². The average molecular weight is 481 g/mol. The zero-order chi connectivity index (χ0) is 24.1. The van der Waals surface area contributed by atoms with Crippen LogP contribution >= 0.6 is 12.2 Å². The van der Waals surface area contributed by atoms with Gasteiger partial charge in [0.15, 0.2) is 10.6 Å². The quantitative estimate of drug-likeness (QED) is 0.473. The fourth-order valence-corrected chi connectivity index (χ4v) is 4.44. The molecule has 0 radical (unpaired) electrons. The van der Waals surface area contributed by atoms with E-state index >= 15 is 0 Å². The molecule has 4 rings (SSSR count). The molecule has 1 saturated heterocycles. The van der Waals surface area contributed by atoms with Crippen LogP contribution < -0.4 is 15.0 Å². The molecule has 2 heterocycles. The molecule has 0 spiro atoms. The van der Waals surface area contributed by atoms with Crippen LogP contribution in [0, 0.1) is 11.7 Å². The number of methoxy groups -OCH3 is 1. The van der Waals surface area contributed by atoms with Crippen molar-refractivity contribution >= 4 is 29.5 Å². The summed E-state index contributed by atoms with van der Waals surface area (Å²) in [6.45, 7) is 10.0. The molecule has 3 aromatic rings. The van der Waals surface area contributed by atoms with Gasteiger partial charge in [0.1, 0.15) is 5.75 Å². The van der Waals surface area contributed by atoms with Gasteiger partial charge in [0.25, 0.3) is 0 Å². The minimum atomic E-state index is -0.0591. The topological polar surface area (TPSA) is 78.4 Å². The Labute approximate surface area is 205 Å². The van der Waals surface area contributed by atoms with Crippen LogP contribution in [-0.2, 0) is 11.3 Å². The highest BCUT2D eigenvalue weighted by atomic mass is 32.1. The van der Waals surface area contributed by atoms with Crippen molar-refractivity contribution in [2.24, 2.45) is 0 Å². The van der Waals surface area contributed by atoms with Crippen LogP contribution in [0.4, 0.5) is 11.4 Å². The number of nitrogens with zero attached hydrogens (tertiary/aromatic N) is 4. The van der Waals surface area contributed by atoms with E-state index in [-0.39, 0.29) is 12.3 Å². The number of anilines is 2. The molecule has 1 fully saturated rings. The minimum absolute atomic E-state index is 0.0591. The van der Waals surface area contributed by atoms with Crippen LogP contribution in [0.3, 0.4) is 0 Å². The Bertz CT molecular complexity index is 1180. The summed E-state index contributed by atoms with van der Waals surface area (Å²) in [4.78, 5) is 17.6. The lowest BCUT2D eigenvalue weighted by Gasteiger charge is -2.35. The molecule has 0 saturated carbocycles. The van der Waals surface area contributed by atoms with Crippen molar-refractivity contribution in [1.82, 2.24) is 19.7 Å². The summed E-state index contributed by atoms with van der Waals surface area (Å²) in [5.41, 5.74) is 4.01. The number of ether oxygens (including phenoxy) is 1. The molecule has 1 amide bonds. The second-order valence-electron chi connectivity index (χ2n) is 8.45. The van der Waals surface area contributed by atoms with Crippen LogP contribution in [0.2, 0.25) is 0 Å². The largest absolute Gasteiger partial charge is 0.497 e. The molecule has 1 aliphatic heterocycles. The Morgan fingerprint density at radius 1 is 1.15 bits per heavy atom. The van der Waals surface area contributed by atoms with Crippen molar-refractivity contribution in [3.63, 3.8) is 0 Å². The van der Waals surface area contributed by atoms with Crippen LogP contribution in [0.1, 0.15) is 18.9 Å². The molecule has 0 atom stereocenters. The molecule has 1 aromatic heterocycles. The maximum absolute atomic E-state index is 12.7. The molecule has 1 aliphatic rings. The number of aromatic amines is 1. The second kappa shape index (κ2) is 10.8. The SMILES string of the molecule is CCN1CCN(c2ccc(NC(=O)CCn3c(-c4ccc(OC)cc4)n[nH]c3=S)c(C)c2)CC1. The van der Waals surface area contributed by atoms with Gasteiger partial charge in [0.05, 0.1) is 7.11 Å². The van der Waals surface area contributed by atoms with Crippen molar-refractivity contribution in [1.29, 1.82) is 0 Å². The maximum atomic E-state index is 12.7. The number of aryl methyl sites for hydroxylation is 1. The van der Waals surface area contributed by atoms with Gasteiger partial charge in [-0.05, 0) is 73.7 Å². The second-order valence-corrected chi connectivity index (χ2v) is 8.84. The van der Waals surface area contributed by atoms with Gasteiger partial charge in [-0.3, -0.25) is 14.5 Å². The fraction of sp³-hybridized carbons (Fsp3) is 0.400. The number of carbonyl (C=O) groups excluding carboxylic acids is 1. The van der Waals surface area contributed by atoms with Crippen molar-refractivity contribution < 1.29 is 9.53 Å². The first kappa shape index (κ1) is 24.0. The molecule has 34 heavy (non-hydrogen) atoms. The number of H-pyrrole nitrogens is 1. The lowest BCUT2D eigenvalue weighted by molar-refractivity contribution is -0.116. The van der Waals surface area contributed by atoms with E-state index in [0.29, 0.717) is 17.1 Å². The third kappa shape index (κ3) is 5.48. The zero-order valence-electron chi connectivity index (χ0n) is 20.0. The first-order chi connectivity index (χ1) is 16.5. The summed E-state index contributed by atoms with van der Waals surface area (Å²) < 4.78 is 7.56. The molecule has 0 aliphatic carbocycles. The number of amides is 1. The molecule has 0 bridgehead atoms. The lowest BCUT2D eigenvalue weighted by atomic mass is 10.1. The monoisotopic (exact) mass is 480 g/mol. The summed E-state index contributed by atoms with van der Waals surface area (Å²) in [5, 5.41) is 10.2. The molecular weight excluding hydrogens is 448 g/mol.